The maximum absolute atomic E-state index is 12.8. The minimum Gasteiger partial charge on any atom is -0.302 e. The zero-order valence-electron chi connectivity index (χ0n) is 13.4. The molecule has 0 atom stereocenters. The molecule has 0 aliphatic rings. The number of hydrogen-bond acceptors (Lipinski definition) is 5. The molecule has 4 rings (SSSR count). The van der Waals surface area contributed by atoms with Crippen molar-refractivity contribution in [1.82, 2.24) is 19.6 Å². The Bertz CT molecular complexity index is 1130. The van der Waals surface area contributed by atoms with E-state index < -0.39 is 0 Å². The molecule has 8 heteroatoms. The Morgan fingerprint density at radius 1 is 1.36 bits per heavy atom. The van der Waals surface area contributed by atoms with E-state index in [4.69, 9.17) is 0 Å². The number of anilines is 1. The van der Waals surface area contributed by atoms with Crippen LogP contribution in [-0.4, -0.2) is 25.5 Å². The number of amides is 1. The number of nitrogens with zero attached hydrogens (tertiary/aromatic N) is 3. The van der Waals surface area contributed by atoms with Crippen LogP contribution < -0.4 is 10.9 Å². The molecule has 0 unspecified atom stereocenters. The molecule has 1 amide bonds. The van der Waals surface area contributed by atoms with Gasteiger partial charge in [0.1, 0.15) is 0 Å². The van der Waals surface area contributed by atoms with Crippen LogP contribution in [0.1, 0.15) is 17.7 Å². The highest BCUT2D eigenvalue weighted by Gasteiger charge is 2.15. The summed E-state index contributed by atoms with van der Waals surface area (Å²) in [4.78, 5) is 33.4. The van der Waals surface area contributed by atoms with E-state index >= 15 is 0 Å². The van der Waals surface area contributed by atoms with Gasteiger partial charge < -0.3 is 5.32 Å². The number of fused-ring (bicyclic) bond motifs is 3. The van der Waals surface area contributed by atoms with E-state index in [-0.39, 0.29) is 17.9 Å². The molecule has 25 heavy (non-hydrogen) atoms. The van der Waals surface area contributed by atoms with Crippen LogP contribution in [0.3, 0.4) is 0 Å². The van der Waals surface area contributed by atoms with Gasteiger partial charge in [0, 0.05) is 34.6 Å². The molecule has 0 radical (unpaired) electrons. The van der Waals surface area contributed by atoms with E-state index in [1.807, 2.05) is 24.3 Å². The van der Waals surface area contributed by atoms with Crippen molar-refractivity contribution in [2.75, 3.05) is 5.32 Å². The largest absolute Gasteiger partial charge is 0.302 e. The molecule has 2 N–H and O–H groups in total. The third kappa shape index (κ3) is 2.80. The molecule has 0 fully saturated rings. The Kier molecular flexibility index (Phi) is 3.81. The van der Waals surface area contributed by atoms with Crippen molar-refractivity contribution in [3.05, 3.63) is 57.5 Å². The van der Waals surface area contributed by atoms with Gasteiger partial charge in [-0.3, -0.25) is 14.7 Å². The second-order valence-electron chi connectivity index (χ2n) is 5.68. The Hall–Kier alpha value is -3.00. The maximum atomic E-state index is 12.8. The van der Waals surface area contributed by atoms with Crippen LogP contribution in [0.15, 0.2) is 40.6 Å². The predicted octanol–water partition coefficient (Wildman–Crippen LogP) is 2.51. The zero-order valence-corrected chi connectivity index (χ0v) is 14.3. The van der Waals surface area contributed by atoms with Crippen LogP contribution in [0.2, 0.25) is 0 Å². The number of rotatable bonds is 4. The van der Waals surface area contributed by atoms with E-state index in [1.54, 1.807) is 18.5 Å². The fourth-order valence-corrected chi connectivity index (χ4v) is 3.38. The Morgan fingerprint density at radius 2 is 2.20 bits per heavy atom. The average molecular weight is 353 g/mol. The molecule has 7 nitrogen and oxygen atoms in total. The molecular weight excluding hydrogens is 338 g/mol. The van der Waals surface area contributed by atoms with Crippen LogP contribution in [0.25, 0.3) is 16.6 Å². The lowest BCUT2D eigenvalue weighted by Gasteiger charge is -2.05. The van der Waals surface area contributed by atoms with Gasteiger partial charge in [-0.25, -0.2) is 14.5 Å². The van der Waals surface area contributed by atoms with E-state index in [2.05, 4.69) is 20.4 Å². The molecule has 1 aromatic carbocycles. The molecule has 126 valence electrons. The van der Waals surface area contributed by atoms with Gasteiger partial charge in [-0.2, -0.15) is 0 Å². The fourth-order valence-electron chi connectivity index (χ4n) is 2.84. The number of aryl methyl sites for hydroxylation is 1. The molecule has 0 aliphatic carbocycles. The summed E-state index contributed by atoms with van der Waals surface area (Å²) in [6.07, 6.45) is 2.15. The molecule has 0 saturated carbocycles. The van der Waals surface area contributed by atoms with E-state index in [1.165, 1.54) is 15.9 Å². The van der Waals surface area contributed by atoms with Crippen molar-refractivity contribution in [3.63, 3.8) is 0 Å². The van der Waals surface area contributed by atoms with Gasteiger partial charge in [0.15, 0.2) is 10.8 Å². The molecule has 3 heterocycles. The zero-order chi connectivity index (χ0) is 17.4. The number of H-pyrrole nitrogens is 1. The smallest absolute Gasteiger partial charge is 0.276 e. The van der Waals surface area contributed by atoms with E-state index in [0.717, 1.165) is 10.9 Å². The lowest BCUT2D eigenvalue weighted by atomic mass is 10.1. The van der Waals surface area contributed by atoms with Gasteiger partial charge in [-0.1, -0.05) is 12.1 Å². The summed E-state index contributed by atoms with van der Waals surface area (Å²) >= 11 is 1.36. The SMILES string of the molecule is Cc1nc2c3ccccc3[nH]n2c(=O)c1CCC(=O)Nc1nccs1. The first-order valence-corrected chi connectivity index (χ1v) is 8.70. The van der Waals surface area contributed by atoms with Crippen molar-refractivity contribution in [2.24, 2.45) is 0 Å². The van der Waals surface area contributed by atoms with Gasteiger partial charge in [0.2, 0.25) is 5.91 Å². The number of benzene rings is 1. The van der Waals surface area contributed by atoms with Crippen LogP contribution in [0.5, 0.6) is 0 Å². The number of carbonyl (C=O) groups excluding carboxylic acids is 1. The molecule has 0 aliphatic heterocycles. The van der Waals surface area contributed by atoms with Crippen molar-refractivity contribution in [3.8, 4) is 0 Å². The molecule has 4 aromatic rings. The maximum Gasteiger partial charge on any atom is 0.276 e. The summed E-state index contributed by atoms with van der Waals surface area (Å²) in [6.45, 7) is 1.80. The van der Waals surface area contributed by atoms with Gasteiger partial charge in [0.05, 0.1) is 5.52 Å². The predicted molar refractivity (Wildman–Crippen MR) is 97.1 cm³/mol. The van der Waals surface area contributed by atoms with Gasteiger partial charge in [0.25, 0.3) is 5.56 Å². The van der Waals surface area contributed by atoms with Crippen LogP contribution in [0, 0.1) is 6.92 Å². The number of thiazole rings is 1. The van der Waals surface area contributed by atoms with E-state index in [9.17, 15) is 9.59 Å². The fraction of sp³-hybridized carbons (Fsp3) is 0.176. The van der Waals surface area contributed by atoms with Crippen LogP contribution >= 0.6 is 11.3 Å². The minimum absolute atomic E-state index is 0.166. The Balaban J connectivity index is 1.64. The van der Waals surface area contributed by atoms with Crippen LogP contribution in [-0.2, 0) is 11.2 Å². The first-order chi connectivity index (χ1) is 12.1. The summed E-state index contributed by atoms with van der Waals surface area (Å²) in [5, 5.41) is 9.04. The van der Waals surface area contributed by atoms with Crippen LogP contribution in [0.4, 0.5) is 5.13 Å². The van der Waals surface area contributed by atoms with E-state index in [0.29, 0.717) is 28.5 Å². The second-order valence-corrected chi connectivity index (χ2v) is 6.58. The quantitative estimate of drug-likeness (QED) is 0.590. The number of nitrogens with one attached hydrogen (secondary N) is 2. The van der Waals surface area contributed by atoms with Gasteiger partial charge >= 0.3 is 0 Å². The summed E-state index contributed by atoms with van der Waals surface area (Å²) in [7, 11) is 0. The first-order valence-electron chi connectivity index (χ1n) is 7.82. The third-order valence-electron chi connectivity index (χ3n) is 4.06. The molecule has 0 spiro atoms. The van der Waals surface area contributed by atoms with Crippen molar-refractivity contribution in [1.29, 1.82) is 0 Å². The van der Waals surface area contributed by atoms with Gasteiger partial charge in [-0.05, 0) is 25.5 Å². The molecule has 0 bridgehead atoms. The standard InChI is InChI=1S/C17H15N5O2S/c1-10-11(6-7-14(23)20-17-18-8-9-25-17)16(24)22-15(19-10)12-4-2-3-5-13(12)21-22/h2-5,8-9,21H,6-7H2,1H3,(H,18,20,23). The Labute approximate surface area is 146 Å². The first kappa shape index (κ1) is 15.5. The third-order valence-corrected chi connectivity index (χ3v) is 4.75. The highest BCUT2D eigenvalue weighted by atomic mass is 32.1. The van der Waals surface area contributed by atoms with Crippen molar-refractivity contribution < 1.29 is 4.79 Å². The highest BCUT2D eigenvalue weighted by molar-refractivity contribution is 7.13. The number of para-hydroxylation sites is 1. The number of hydrogen-bond donors (Lipinski definition) is 2. The summed E-state index contributed by atoms with van der Waals surface area (Å²) in [6, 6.07) is 7.64. The van der Waals surface area contributed by atoms with Crippen molar-refractivity contribution >= 4 is 38.9 Å². The summed E-state index contributed by atoms with van der Waals surface area (Å²) in [5.74, 6) is -0.171. The second kappa shape index (κ2) is 6.14. The monoisotopic (exact) mass is 353 g/mol. The average Bonchev–Trinajstić information content (AvgIpc) is 3.22. The lowest BCUT2D eigenvalue weighted by Crippen LogP contribution is -2.23. The molecule has 3 aromatic heterocycles. The van der Waals surface area contributed by atoms with Gasteiger partial charge in [-0.15, -0.1) is 11.3 Å². The highest BCUT2D eigenvalue weighted by Crippen LogP contribution is 2.18. The number of aromatic amines is 1. The Morgan fingerprint density at radius 3 is 3.00 bits per heavy atom. The normalized spacial score (nSPS) is 11.2. The molecule has 0 saturated heterocycles. The van der Waals surface area contributed by atoms with Crippen molar-refractivity contribution in [2.45, 2.75) is 19.8 Å². The lowest BCUT2D eigenvalue weighted by molar-refractivity contribution is -0.116. The number of aromatic nitrogens is 4. The number of carbonyl (C=O) groups is 1. The molecular formula is C17H15N5O2S. The minimum atomic E-state index is -0.171. The summed E-state index contributed by atoms with van der Waals surface area (Å²) in [5.41, 5.74) is 2.48. The topological polar surface area (TPSA) is 92.2 Å². The summed E-state index contributed by atoms with van der Waals surface area (Å²) < 4.78 is 1.45.